The third-order valence-corrected chi connectivity index (χ3v) is 2.84. The Morgan fingerprint density at radius 3 is 2.45 bits per heavy atom. The van der Waals surface area contributed by atoms with Crippen LogP contribution in [-0.2, 0) is 4.79 Å². The number of benzene rings is 1. The van der Waals surface area contributed by atoms with Gasteiger partial charge in [0.1, 0.15) is 5.82 Å². The van der Waals surface area contributed by atoms with Crippen LogP contribution in [0.1, 0.15) is 33.3 Å². The summed E-state index contributed by atoms with van der Waals surface area (Å²) in [5.74, 6) is -0.945. The SMILES string of the molecule is CC(C)CN(c1cc(F)cc(/C=C/C(=O)O)c1)C(C)C. The lowest BCUT2D eigenvalue weighted by molar-refractivity contribution is -0.131. The van der Waals surface area contributed by atoms with E-state index in [-0.39, 0.29) is 11.9 Å². The second-order valence-electron chi connectivity index (χ2n) is 5.55. The van der Waals surface area contributed by atoms with E-state index in [9.17, 15) is 9.18 Å². The first kappa shape index (κ1) is 16.2. The Bertz CT molecular complexity index is 495. The molecule has 4 heteroatoms. The van der Waals surface area contributed by atoms with Crippen molar-refractivity contribution in [1.82, 2.24) is 0 Å². The number of rotatable bonds is 6. The molecule has 1 rings (SSSR count). The van der Waals surface area contributed by atoms with E-state index < -0.39 is 5.97 Å². The van der Waals surface area contributed by atoms with Crippen LogP contribution in [-0.4, -0.2) is 23.7 Å². The molecule has 0 saturated carbocycles. The van der Waals surface area contributed by atoms with E-state index in [0.29, 0.717) is 11.5 Å². The van der Waals surface area contributed by atoms with Crippen LogP contribution in [0, 0.1) is 11.7 Å². The highest BCUT2D eigenvalue weighted by molar-refractivity contribution is 5.85. The monoisotopic (exact) mass is 279 g/mol. The number of carboxylic acids is 1. The summed E-state index contributed by atoms with van der Waals surface area (Å²) in [4.78, 5) is 12.7. The van der Waals surface area contributed by atoms with Crippen molar-refractivity contribution in [2.45, 2.75) is 33.7 Å². The maximum absolute atomic E-state index is 13.7. The second kappa shape index (κ2) is 7.08. The number of hydrogen-bond donors (Lipinski definition) is 1. The Balaban J connectivity index is 3.12. The van der Waals surface area contributed by atoms with E-state index in [4.69, 9.17) is 5.11 Å². The van der Waals surface area contributed by atoms with E-state index in [1.54, 1.807) is 0 Å². The van der Waals surface area contributed by atoms with Gasteiger partial charge in [-0.1, -0.05) is 13.8 Å². The quantitative estimate of drug-likeness (QED) is 0.805. The van der Waals surface area contributed by atoms with Crippen LogP contribution in [0.5, 0.6) is 0 Å². The summed E-state index contributed by atoms with van der Waals surface area (Å²) < 4.78 is 13.7. The van der Waals surface area contributed by atoms with E-state index in [1.807, 2.05) is 6.07 Å². The molecule has 1 N–H and O–H groups in total. The Hall–Kier alpha value is -1.84. The van der Waals surface area contributed by atoms with E-state index >= 15 is 0 Å². The fourth-order valence-corrected chi connectivity index (χ4v) is 2.03. The Labute approximate surface area is 119 Å². The Kier molecular flexibility index (Phi) is 5.74. The topological polar surface area (TPSA) is 40.5 Å². The minimum Gasteiger partial charge on any atom is -0.478 e. The van der Waals surface area contributed by atoms with Gasteiger partial charge in [0.05, 0.1) is 0 Å². The highest BCUT2D eigenvalue weighted by atomic mass is 19.1. The first-order valence-corrected chi connectivity index (χ1v) is 6.78. The predicted octanol–water partition coefficient (Wildman–Crippen LogP) is 3.79. The molecule has 20 heavy (non-hydrogen) atoms. The summed E-state index contributed by atoms with van der Waals surface area (Å²) in [5.41, 5.74) is 1.33. The molecule has 0 heterocycles. The van der Waals surface area contributed by atoms with Crippen LogP contribution < -0.4 is 4.90 Å². The van der Waals surface area contributed by atoms with Crippen molar-refractivity contribution in [3.8, 4) is 0 Å². The molecule has 0 amide bonds. The maximum atomic E-state index is 13.7. The number of hydrogen-bond acceptors (Lipinski definition) is 2. The summed E-state index contributed by atoms with van der Waals surface area (Å²) in [7, 11) is 0. The number of aliphatic carboxylic acids is 1. The fourth-order valence-electron chi connectivity index (χ4n) is 2.03. The van der Waals surface area contributed by atoms with Crippen molar-refractivity contribution >= 4 is 17.7 Å². The molecule has 0 spiro atoms. The smallest absolute Gasteiger partial charge is 0.328 e. The van der Waals surface area contributed by atoms with Crippen LogP contribution in [0.4, 0.5) is 10.1 Å². The number of nitrogens with zero attached hydrogens (tertiary/aromatic N) is 1. The number of carbonyl (C=O) groups is 1. The maximum Gasteiger partial charge on any atom is 0.328 e. The molecule has 0 radical (unpaired) electrons. The molecule has 0 aliphatic carbocycles. The third-order valence-electron chi connectivity index (χ3n) is 2.84. The first-order chi connectivity index (χ1) is 9.29. The largest absolute Gasteiger partial charge is 0.478 e. The molecule has 0 atom stereocenters. The molecule has 0 aliphatic heterocycles. The molecular formula is C16H22FNO2. The van der Waals surface area contributed by atoms with Crippen LogP contribution in [0.3, 0.4) is 0 Å². The Morgan fingerprint density at radius 2 is 1.95 bits per heavy atom. The van der Waals surface area contributed by atoms with Gasteiger partial charge in [0.25, 0.3) is 0 Å². The standard InChI is InChI=1S/C16H22FNO2/c1-11(2)10-18(12(3)4)15-8-13(5-6-16(19)20)7-14(17)9-15/h5-9,11-12H,10H2,1-4H3,(H,19,20)/b6-5+. The lowest BCUT2D eigenvalue weighted by Gasteiger charge is -2.31. The van der Waals surface area contributed by atoms with Gasteiger partial charge in [-0.2, -0.15) is 0 Å². The number of anilines is 1. The second-order valence-corrected chi connectivity index (χ2v) is 5.55. The first-order valence-electron chi connectivity index (χ1n) is 6.78. The van der Waals surface area contributed by atoms with Crippen LogP contribution >= 0.6 is 0 Å². The van der Waals surface area contributed by atoms with Crippen molar-refractivity contribution in [1.29, 1.82) is 0 Å². The summed E-state index contributed by atoms with van der Waals surface area (Å²) in [6.45, 7) is 9.16. The van der Waals surface area contributed by atoms with Crippen LogP contribution in [0.15, 0.2) is 24.3 Å². The van der Waals surface area contributed by atoms with Gasteiger partial charge >= 0.3 is 5.97 Å². The van der Waals surface area contributed by atoms with E-state index in [0.717, 1.165) is 18.3 Å². The minimum atomic E-state index is -1.04. The van der Waals surface area contributed by atoms with Gasteiger partial charge in [-0.3, -0.25) is 0 Å². The summed E-state index contributed by atoms with van der Waals surface area (Å²) in [5, 5.41) is 8.64. The molecule has 1 aromatic rings. The highest BCUT2D eigenvalue weighted by Crippen LogP contribution is 2.22. The number of halogens is 1. The average Bonchev–Trinajstić information content (AvgIpc) is 2.32. The van der Waals surface area contributed by atoms with Gasteiger partial charge in [-0.15, -0.1) is 0 Å². The molecule has 3 nitrogen and oxygen atoms in total. The van der Waals surface area contributed by atoms with Gasteiger partial charge in [0, 0.05) is 24.4 Å². The van der Waals surface area contributed by atoms with Gasteiger partial charge < -0.3 is 10.0 Å². The molecule has 0 unspecified atom stereocenters. The molecule has 0 fully saturated rings. The minimum absolute atomic E-state index is 0.246. The molecular weight excluding hydrogens is 257 g/mol. The number of carboxylic acid groups (broad SMARTS) is 1. The van der Waals surface area contributed by atoms with Crippen molar-refractivity contribution < 1.29 is 14.3 Å². The Morgan fingerprint density at radius 1 is 1.30 bits per heavy atom. The lowest BCUT2D eigenvalue weighted by atomic mass is 10.1. The average molecular weight is 279 g/mol. The zero-order chi connectivity index (χ0) is 15.3. The summed E-state index contributed by atoms with van der Waals surface area (Å²) in [6.07, 6.45) is 2.42. The van der Waals surface area contributed by atoms with E-state index in [2.05, 4.69) is 32.6 Å². The lowest BCUT2D eigenvalue weighted by Crippen LogP contribution is -2.34. The highest BCUT2D eigenvalue weighted by Gasteiger charge is 2.13. The van der Waals surface area contributed by atoms with Crippen molar-refractivity contribution in [3.63, 3.8) is 0 Å². The van der Waals surface area contributed by atoms with Crippen molar-refractivity contribution in [2.24, 2.45) is 5.92 Å². The van der Waals surface area contributed by atoms with Gasteiger partial charge in [0.2, 0.25) is 0 Å². The van der Waals surface area contributed by atoms with Crippen LogP contribution in [0.25, 0.3) is 6.08 Å². The van der Waals surface area contributed by atoms with Gasteiger partial charge in [0.15, 0.2) is 0 Å². The summed E-state index contributed by atoms with van der Waals surface area (Å²) in [6, 6.07) is 4.87. The molecule has 0 aromatic heterocycles. The molecule has 1 aromatic carbocycles. The van der Waals surface area contributed by atoms with Crippen molar-refractivity contribution in [3.05, 3.63) is 35.7 Å². The van der Waals surface area contributed by atoms with Gasteiger partial charge in [-0.25, -0.2) is 9.18 Å². The predicted molar refractivity (Wildman–Crippen MR) is 80.4 cm³/mol. The van der Waals surface area contributed by atoms with E-state index in [1.165, 1.54) is 18.2 Å². The molecule has 0 bridgehead atoms. The van der Waals surface area contributed by atoms with Gasteiger partial charge in [-0.05, 0) is 49.6 Å². The molecule has 0 saturated heterocycles. The molecule has 110 valence electrons. The van der Waals surface area contributed by atoms with Crippen molar-refractivity contribution in [2.75, 3.05) is 11.4 Å². The molecule has 0 aliphatic rings. The normalized spacial score (nSPS) is 11.6. The summed E-state index contributed by atoms with van der Waals surface area (Å²) >= 11 is 0. The zero-order valence-electron chi connectivity index (χ0n) is 12.4. The zero-order valence-corrected chi connectivity index (χ0v) is 12.4. The van der Waals surface area contributed by atoms with Crippen LogP contribution in [0.2, 0.25) is 0 Å². The third kappa shape index (κ3) is 5.03. The fraction of sp³-hybridized carbons (Fsp3) is 0.438.